The second kappa shape index (κ2) is 7.90. The molecule has 0 unspecified atom stereocenters. The minimum Gasteiger partial charge on any atom is -0.455 e. The van der Waals surface area contributed by atoms with Crippen LogP contribution in [0.25, 0.3) is 49.2 Å². The molecule has 0 radical (unpaired) electrons. The number of rotatable bonds is 3. The molecule has 0 atom stereocenters. The Morgan fingerprint density at radius 2 is 1.76 bits per heavy atom. The summed E-state index contributed by atoms with van der Waals surface area (Å²) < 4.78 is 34.9. The zero-order valence-corrected chi connectivity index (χ0v) is 19.5. The SMILES string of the molecule is [2H]c1c(C([2H])(C)C)c([2H])c(-c2c(C)ccc3c2oc2c(-c4ccccc4)cc([N+]#[C-])cc23)[n+](C)c1C. The third kappa shape index (κ3) is 3.39. The molecule has 0 saturated heterocycles. The molecular formula is C30H27N2O+. The molecular weight excluding hydrogens is 404 g/mol. The number of nitrogens with zero attached hydrogens (tertiary/aromatic N) is 2. The molecule has 3 aromatic carbocycles. The molecule has 3 heteroatoms. The van der Waals surface area contributed by atoms with Crippen LogP contribution in [0.2, 0.25) is 0 Å². The van der Waals surface area contributed by atoms with E-state index in [0.717, 1.165) is 33.0 Å². The molecule has 33 heavy (non-hydrogen) atoms. The van der Waals surface area contributed by atoms with Gasteiger partial charge in [0.1, 0.15) is 18.2 Å². The van der Waals surface area contributed by atoms with Gasteiger partial charge in [0, 0.05) is 36.7 Å². The molecule has 0 saturated carbocycles. The summed E-state index contributed by atoms with van der Waals surface area (Å²) in [5.41, 5.74) is 7.07. The molecule has 0 fully saturated rings. The minimum atomic E-state index is -1.11. The van der Waals surface area contributed by atoms with E-state index in [4.69, 9.17) is 15.1 Å². The standard InChI is InChI=1S/C30H27N2O/c1-18(2)22-14-20(4)32(6)27(15-22)28-19(3)12-13-24-26-17-23(31-5)16-25(29(26)33-30(24)28)21-10-8-7-9-11-21/h7-18H,1-4,6H3/q+1/i14D,15D,18D. The van der Waals surface area contributed by atoms with Crippen molar-refractivity contribution in [1.29, 1.82) is 0 Å². The van der Waals surface area contributed by atoms with Gasteiger partial charge < -0.3 is 4.42 Å². The number of hydrogen-bond acceptors (Lipinski definition) is 1. The maximum absolute atomic E-state index is 9.12. The Labute approximate surface area is 199 Å². The number of aryl methyl sites for hydroxylation is 1. The summed E-state index contributed by atoms with van der Waals surface area (Å²) in [4.78, 5) is 3.71. The van der Waals surface area contributed by atoms with Crippen molar-refractivity contribution in [3.63, 3.8) is 0 Å². The van der Waals surface area contributed by atoms with E-state index in [1.54, 1.807) is 13.8 Å². The van der Waals surface area contributed by atoms with Crippen molar-refractivity contribution < 1.29 is 13.1 Å². The van der Waals surface area contributed by atoms with Crippen LogP contribution < -0.4 is 4.57 Å². The lowest BCUT2D eigenvalue weighted by Gasteiger charge is -2.11. The number of fused-ring (bicyclic) bond motifs is 3. The predicted octanol–water partition coefficient (Wildman–Crippen LogP) is 8.04. The van der Waals surface area contributed by atoms with Gasteiger partial charge in [0.05, 0.1) is 14.9 Å². The lowest BCUT2D eigenvalue weighted by atomic mass is 9.95. The Bertz CT molecular complexity index is 1720. The first kappa shape index (κ1) is 17.6. The van der Waals surface area contributed by atoms with Gasteiger partial charge in [-0.05, 0) is 41.6 Å². The van der Waals surface area contributed by atoms with Crippen molar-refractivity contribution in [2.75, 3.05) is 0 Å². The highest BCUT2D eigenvalue weighted by Crippen LogP contribution is 2.42. The summed E-state index contributed by atoms with van der Waals surface area (Å²) in [7, 11) is 1.86. The predicted molar refractivity (Wildman–Crippen MR) is 136 cm³/mol. The normalized spacial score (nSPS) is 13.0. The topological polar surface area (TPSA) is 21.4 Å². The van der Waals surface area contributed by atoms with E-state index in [2.05, 4.69) is 4.85 Å². The first-order valence-electron chi connectivity index (χ1n) is 12.5. The van der Waals surface area contributed by atoms with E-state index in [1.807, 2.05) is 80.1 Å². The van der Waals surface area contributed by atoms with Crippen LogP contribution in [0.15, 0.2) is 71.1 Å². The maximum atomic E-state index is 9.12. The molecule has 0 aliphatic rings. The fourth-order valence-corrected chi connectivity index (χ4v) is 4.36. The molecule has 0 aliphatic carbocycles. The van der Waals surface area contributed by atoms with Crippen molar-refractivity contribution in [2.24, 2.45) is 7.05 Å². The second-order valence-electron chi connectivity index (χ2n) is 8.70. The smallest absolute Gasteiger partial charge is 0.216 e. The third-order valence-corrected chi connectivity index (χ3v) is 6.27. The summed E-state index contributed by atoms with van der Waals surface area (Å²) in [6.45, 7) is 14.9. The van der Waals surface area contributed by atoms with E-state index in [0.29, 0.717) is 33.8 Å². The van der Waals surface area contributed by atoms with Gasteiger partial charge in [0.15, 0.2) is 11.4 Å². The minimum absolute atomic E-state index is 0.161. The van der Waals surface area contributed by atoms with Crippen LogP contribution in [0, 0.1) is 20.4 Å². The molecule has 5 rings (SSSR count). The summed E-state index contributed by atoms with van der Waals surface area (Å²) >= 11 is 0. The maximum Gasteiger partial charge on any atom is 0.216 e. The lowest BCUT2D eigenvalue weighted by Crippen LogP contribution is -2.35. The van der Waals surface area contributed by atoms with Crippen LogP contribution >= 0.6 is 0 Å². The number of benzene rings is 3. The number of furan rings is 1. The summed E-state index contributed by atoms with van der Waals surface area (Å²) in [5, 5.41) is 1.72. The largest absolute Gasteiger partial charge is 0.455 e. The van der Waals surface area contributed by atoms with Crippen LogP contribution in [0.1, 0.15) is 40.7 Å². The van der Waals surface area contributed by atoms with Crippen molar-refractivity contribution in [2.45, 2.75) is 33.6 Å². The quantitative estimate of drug-likeness (QED) is 0.208. The van der Waals surface area contributed by atoms with Gasteiger partial charge in [-0.15, -0.1) is 0 Å². The van der Waals surface area contributed by atoms with Crippen molar-refractivity contribution in [1.82, 2.24) is 0 Å². The van der Waals surface area contributed by atoms with Gasteiger partial charge in [0.25, 0.3) is 0 Å². The van der Waals surface area contributed by atoms with Crippen molar-refractivity contribution >= 4 is 27.6 Å². The molecule has 3 nitrogen and oxygen atoms in total. The average molecular weight is 435 g/mol. The van der Waals surface area contributed by atoms with Gasteiger partial charge in [-0.3, -0.25) is 0 Å². The first-order valence-corrected chi connectivity index (χ1v) is 11.0. The lowest BCUT2D eigenvalue weighted by molar-refractivity contribution is -0.666. The van der Waals surface area contributed by atoms with Gasteiger partial charge in [-0.2, -0.15) is 4.57 Å². The highest BCUT2D eigenvalue weighted by Gasteiger charge is 2.24. The van der Waals surface area contributed by atoms with Crippen molar-refractivity contribution in [3.05, 3.63) is 94.9 Å². The molecule has 162 valence electrons. The van der Waals surface area contributed by atoms with Crippen LogP contribution in [0.4, 0.5) is 5.69 Å². The molecule has 0 spiro atoms. The summed E-state index contributed by atoms with van der Waals surface area (Å²) in [6.07, 6.45) is 0. The second-order valence-corrected chi connectivity index (χ2v) is 8.70. The Morgan fingerprint density at radius 3 is 2.45 bits per heavy atom. The Morgan fingerprint density at radius 1 is 1.00 bits per heavy atom. The van der Waals surface area contributed by atoms with Crippen LogP contribution in [0.3, 0.4) is 0 Å². The molecule has 0 aliphatic heterocycles. The number of pyridine rings is 1. The molecule has 0 N–H and O–H groups in total. The highest BCUT2D eigenvalue weighted by atomic mass is 16.3. The van der Waals surface area contributed by atoms with Crippen LogP contribution in [0.5, 0.6) is 0 Å². The molecule has 2 aromatic heterocycles. The zero-order valence-electron chi connectivity index (χ0n) is 22.5. The van der Waals surface area contributed by atoms with Crippen molar-refractivity contribution in [3.8, 4) is 22.4 Å². The molecule has 0 amide bonds. The molecule has 0 bridgehead atoms. The monoisotopic (exact) mass is 434 g/mol. The fourth-order valence-electron chi connectivity index (χ4n) is 4.36. The van der Waals surface area contributed by atoms with E-state index >= 15 is 0 Å². The van der Waals surface area contributed by atoms with E-state index in [-0.39, 0.29) is 12.1 Å². The Hall–Kier alpha value is -3.90. The molecule has 5 aromatic rings. The Balaban J connectivity index is 1.95. The first-order chi connectivity index (χ1) is 17.0. The highest BCUT2D eigenvalue weighted by molar-refractivity contribution is 6.14. The van der Waals surface area contributed by atoms with E-state index in [1.165, 1.54) is 0 Å². The average Bonchev–Trinajstić information content (AvgIpc) is 3.21. The van der Waals surface area contributed by atoms with Crippen LogP contribution in [-0.4, -0.2) is 0 Å². The van der Waals surface area contributed by atoms with E-state index in [9.17, 15) is 0 Å². The number of hydrogen-bond donors (Lipinski definition) is 0. The third-order valence-electron chi connectivity index (χ3n) is 6.27. The summed E-state index contributed by atoms with van der Waals surface area (Å²) in [6, 6.07) is 18.0. The Kier molecular flexibility index (Phi) is 4.22. The summed E-state index contributed by atoms with van der Waals surface area (Å²) in [5.74, 6) is -1.11. The molecule has 2 heterocycles. The number of aromatic nitrogens is 1. The zero-order chi connectivity index (χ0) is 25.9. The van der Waals surface area contributed by atoms with Gasteiger partial charge in [-0.25, -0.2) is 4.85 Å². The fraction of sp³-hybridized carbons (Fsp3) is 0.200. The van der Waals surface area contributed by atoms with Gasteiger partial charge in [0.2, 0.25) is 5.69 Å². The van der Waals surface area contributed by atoms with Gasteiger partial charge >= 0.3 is 0 Å². The van der Waals surface area contributed by atoms with Gasteiger partial charge in [-0.1, -0.05) is 56.3 Å². The van der Waals surface area contributed by atoms with Crippen LogP contribution in [-0.2, 0) is 7.05 Å². The van der Waals surface area contributed by atoms with E-state index < -0.39 is 5.89 Å².